The van der Waals surface area contributed by atoms with Crippen LogP contribution in [-0.4, -0.2) is 41.6 Å². The molecule has 1 aromatic heterocycles. The van der Waals surface area contributed by atoms with Crippen molar-refractivity contribution in [1.82, 2.24) is 15.5 Å². The Bertz CT molecular complexity index is 1020. The molecule has 0 bridgehead atoms. The molecule has 0 amide bonds. The highest BCUT2D eigenvalue weighted by Gasteiger charge is 2.22. The van der Waals surface area contributed by atoms with Gasteiger partial charge in [-0.1, -0.05) is 22.0 Å². The minimum absolute atomic E-state index is 0.328. The summed E-state index contributed by atoms with van der Waals surface area (Å²) in [6.07, 6.45) is 3.77. The quantitative estimate of drug-likeness (QED) is 0.548. The van der Waals surface area contributed by atoms with Crippen LogP contribution < -0.4 is 20.3 Å². The predicted octanol–water partition coefficient (Wildman–Crippen LogP) is 4.36. The van der Waals surface area contributed by atoms with Gasteiger partial charge < -0.3 is 20.3 Å². The summed E-state index contributed by atoms with van der Waals surface area (Å²) in [6, 6.07) is 14.3. The second-order valence-electron chi connectivity index (χ2n) is 6.99. The van der Waals surface area contributed by atoms with E-state index in [0.29, 0.717) is 11.2 Å². The highest BCUT2D eigenvalue weighted by molar-refractivity contribution is 9.10. The number of benzene rings is 2. The van der Waals surface area contributed by atoms with Crippen LogP contribution in [0.15, 0.2) is 53.1 Å². The summed E-state index contributed by atoms with van der Waals surface area (Å²) in [6.45, 7) is 1.81. The third kappa shape index (κ3) is 4.76. The van der Waals surface area contributed by atoms with Crippen LogP contribution in [0.4, 0.5) is 11.5 Å². The zero-order valence-electron chi connectivity index (χ0n) is 16.1. The molecule has 0 unspecified atom stereocenters. The van der Waals surface area contributed by atoms with Gasteiger partial charge in [-0.2, -0.15) is 5.10 Å². The summed E-state index contributed by atoms with van der Waals surface area (Å²) in [7, 11) is 1.66. The largest absolute Gasteiger partial charge is 0.497 e. The van der Waals surface area contributed by atoms with Crippen molar-refractivity contribution in [1.29, 1.82) is 0 Å². The molecular weight excluding hydrogens is 450 g/mol. The number of piperidine rings is 1. The Morgan fingerprint density at radius 1 is 1.21 bits per heavy atom. The summed E-state index contributed by atoms with van der Waals surface area (Å²) in [5.41, 5.74) is 0.913. The van der Waals surface area contributed by atoms with Crippen molar-refractivity contribution in [3.8, 4) is 5.75 Å². The molecule has 1 fully saturated rings. The summed E-state index contributed by atoms with van der Waals surface area (Å²) in [5, 5.41) is 18.1. The average Bonchev–Trinajstić information content (AvgIpc) is 2.73. The number of thiocarbonyl (C=S) groups is 1. The normalized spacial score (nSPS) is 14.6. The minimum atomic E-state index is 0.328. The highest BCUT2D eigenvalue weighted by atomic mass is 79.9. The first-order valence-electron chi connectivity index (χ1n) is 9.50. The third-order valence-electron chi connectivity index (χ3n) is 5.06. The molecule has 6 nitrogen and oxygen atoms in total. The average molecular weight is 472 g/mol. The van der Waals surface area contributed by atoms with Crippen LogP contribution in [0.3, 0.4) is 0 Å². The molecule has 2 aromatic carbocycles. The Labute approximate surface area is 183 Å². The molecule has 1 saturated heterocycles. The van der Waals surface area contributed by atoms with E-state index in [9.17, 15) is 0 Å². The van der Waals surface area contributed by atoms with Gasteiger partial charge in [-0.15, -0.1) is 5.10 Å². The van der Waals surface area contributed by atoms with Gasteiger partial charge in [0.1, 0.15) is 5.75 Å². The first-order valence-corrected chi connectivity index (χ1v) is 10.7. The van der Waals surface area contributed by atoms with Gasteiger partial charge in [0.15, 0.2) is 10.9 Å². The molecule has 0 atom stereocenters. The van der Waals surface area contributed by atoms with Gasteiger partial charge in [0.25, 0.3) is 0 Å². The fourth-order valence-electron chi connectivity index (χ4n) is 3.57. The lowest BCUT2D eigenvalue weighted by atomic mass is 10.0. The number of hydrogen-bond donors (Lipinski definition) is 2. The van der Waals surface area contributed by atoms with Crippen molar-refractivity contribution in [3.05, 3.63) is 53.1 Å². The number of aromatic nitrogens is 2. The number of ether oxygens (including phenoxy) is 1. The Morgan fingerprint density at radius 2 is 2.03 bits per heavy atom. The molecule has 150 valence electrons. The zero-order chi connectivity index (χ0) is 20.2. The Hall–Kier alpha value is -2.45. The van der Waals surface area contributed by atoms with Gasteiger partial charge >= 0.3 is 0 Å². The van der Waals surface area contributed by atoms with E-state index in [2.05, 4.69) is 53.8 Å². The summed E-state index contributed by atoms with van der Waals surface area (Å²) in [5.74, 6) is 1.75. The summed E-state index contributed by atoms with van der Waals surface area (Å²) < 4.78 is 6.30. The number of fused-ring (bicyclic) bond motifs is 1. The fraction of sp³-hybridized carbons (Fsp3) is 0.286. The standard InChI is InChI=1S/C21H22BrN5OS/c1-28-18-4-2-3-17(12-18)25-21(29)24-16-7-9-27(10-8-16)20-19-6-5-15(22)11-14(19)13-23-26-20/h2-6,11-13,16H,7-10H2,1H3,(H2,24,25,29). The van der Waals surface area contributed by atoms with E-state index in [1.807, 2.05) is 30.3 Å². The van der Waals surface area contributed by atoms with Crippen LogP contribution in [0.5, 0.6) is 5.75 Å². The molecule has 1 aliphatic heterocycles. The monoisotopic (exact) mass is 471 g/mol. The van der Waals surface area contributed by atoms with E-state index in [-0.39, 0.29) is 0 Å². The fourth-order valence-corrected chi connectivity index (χ4v) is 4.23. The van der Waals surface area contributed by atoms with Crippen LogP contribution in [-0.2, 0) is 0 Å². The van der Waals surface area contributed by atoms with Crippen molar-refractivity contribution in [2.24, 2.45) is 0 Å². The highest BCUT2D eigenvalue weighted by Crippen LogP contribution is 2.28. The molecular formula is C21H22BrN5OS. The maximum absolute atomic E-state index is 5.49. The number of nitrogens with zero attached hydrogens (tertiary/aromatic N) is 3. The SMILES string of the molecule is COc1cccc(NC(=S)NC2CCN(c3nncc4cc(Br)ccc34)CC2)c1. The first-order chi connectivity index (χ1) is 14.1. The van der Waals surface area contributed by atoms with Crippen LogP contribution in [0.25, 0.3) is 10.8 Å². The van der Waals surface area contributed by atoms with Gasteiger partial charge in [0.2, 0.25) is 0 Å². The van der Waals surface area contributed by atoms with Crippen LogP contribution in [0.1, 0.15) is 12.8 Å². The van der Waals surface area contributed by atoms with Gasteiger partial charge in [-0.05, 0) is 55.4 Å². The van der Waals surface area contributed by atoms with Crippen molar-refractivity contribution in [2.75, 3.05) is 30.4 Å². The smallest absolute Gasteiger partial charge is 0.170 e. The molecule has 1 aliphatic rings. The van der Waals surface area contributed by atoms with Crippen molar-refractivity contribution in [3.63, 3.8) is 0 Å². The maximum Gasteiger partial charge on any atom is 0.170 e. The minimum Gasteiger partial charge on any atom is -0.497 e. The van der Waals surface area contributed by atoms with Crippen molar-refractivity contribution in [2.45, 2.75) is 18.9 Å². The molecule has 0 aliphatic carbocycles. The lowest BCUT2D eigenvalue weighted by molar-refractivity contribution is 0.415. The van der Waals surface area contributed by atoms with Crippen LogP contribution in [0, 0.1) is 0 Å². The van der Waals surface area contributed by atoms with E-state index < -0.39 is 0 Å². The number of nitrogens with one attached hydrogen (secondary N) is 2. The maximum atomic E-state index is 5.49. The number of halogens is 1. The Morgan fingerprint density at radius 3 is 2.83 bits per heavy atom. The van der Waals surface area contributed by atoms with Crippen LogP contribution >= 0.6 is 28.1 Å². The van der Waals surface area contributed by atoms with E-state index in [1.54, 1.807) is 13.3 Å². The summed E-state index contributed by atoms with van der Waals surface area (Å²) >= 11 is 9.01. The number of rotatable bonds is 4. The topological polar surface area (TPSA) is 62.3 Å². The molecule has 2 heterocycles. The second-order valence-corrected chi connectivity index (χ2v) is 8.32. The van der Waals surface area contributed by atoms with Gasteiger partial charge in [-0.25, -0.2) is 0 Å². The molecule has 29 heavy (non-hydrogen) atoms. The molecule has 8 heteroatoms. The van der Waals surface area contributed by atoms with E-state index in [4.69, 9.17) is 17.0 Å². The van der Waals surface area contributed by atoms with Gasteiger partial charge in [0.05, 0.1) is 13.3 Å². The predicted molar refractivity (Wildman–Crippen MR) is 125 cm³/mol. The van der Waals surface area contributed by atoms with Gasteiger partial charge in [-0.3, -0.25) is 0 Å². The molecule has 0 radical (unpaired) electrons. The Kier molecular flexibility index (Phi) is 6.10. The van der Waals surface area contributed by atoms with Crippen molar-refractivity contribution >= 4 is 55.5 Å². The first kappa shape index (κ1) is 19.8. The van der Waals surface area contributed by atoms with E-state index >= 15 is 0 Å². The number of methoxy groups -OCH3 is 1. The molecule has 4 rings (SSSR count). The van der Waals surface area contributed by atoms with Gasteiger partial charge in [0, 0.05) is 46.1 Å². The number of anilines is 2. The zero-order valence-corrected chi connectivity index (χ0v) is 18.5. The van der Waals surface area contributed by atoms with Crippen molar-refractivity contribution < 1.29 is 4.74 Å². The number of hydrogen-bond acceptors (Lipinski definition) is 5. The third-order valence-corrected chi connectivity index (χ3v) is 5.77. The summed E-state index contributed by atoms with van der Waals surface area (Å²) in [4.78, 5) is 2.31. The molecule has 3 aromatic rings. The Balaban J connectivity index is 1.35. The second kappa shape index (κ2) is 8.92. The molecule has 0 spiro atoms. The lowest BCUT2D eigenvalue weighted by Gasteiger charge is -2.34. The lowest BCUT2D eigenvalue weighted by Crippen LogP contribution is -2.46. The van der Waals surface area contributed by atoms with Crippen LogP contribution in [0.2, 0.25) is 0 Å². The molecule has 0 saturated carbocycles. The van der Waals surface area contributed by atoms with E-state index in [1.165, 1.54) is 0 Å². The van der Waals surface area contributed by atoms with E-state index in [0.717, 1.165) is 58.4 Å². The molecule has 2 N–H and O–H groups in total.